The fourth-order valence-electron chi connectivity index (χ4n) is 3.45. The average Bonchev–Trinajstić information content (AvgIpc) is 2.72. The van der Waals surface area contributed by atoms with Crippen molar-refractivity contribution in [3.63, 3.8) is 0 Å². The number of nitrogens with one attached hydrogen (secondary N) is 1. The fourth-order valence-corrected chi connectivity index (χ4v) is 3.62. The molecule has 0 aliphatic heterocycles. The van der Waals surface area contributed by atoms with Crippen LogP contribution in [-0.4, -0.2) is 24.2 Å². The number of fused-ring (bicyclic) bond motifs is 2. The van der Waals surface area contributed by atoms with Crippen LogP contribution in [0.2, 0.25) is 5.28 Å². The fraction of sp³-hybridized carbons (Fsp3) is 0.182. The Balaban J connectivity index is 1.80. The minimum atomic E-state index is 0.00774. The van der Waals surface area contributed by atoms with Crippen molar-refractivity contribution in [2.75, 3.05) is 19.5 Å². The molecular weight excluding hydrogens is 374 g/mol. The first kappa shape index (κ1) is 18.3. The Kier molecular flexibility index (Phi) is 4.92. The Bertz CT molecular complexity index is 1160. The summed E-state index contributed by atoms with van der Waals surface area (Å²) in [6, 6.07) is 18.3. The summed E-state index contributed by atoms with van der Waals surface area (Å²) in [7, 11) is 3.19. The SMILES string of the molecule is COc1cc2nc(Cl)nc(N[C@H](C)c3cccc4ccccc34)c2cc1OC. The molecule has 0 aliphatic rings. The molecular formula is C22H20ClN3O2. The Labute approximate surface area is 168 Å². The zero-order chi connectivity index (χ0) is 19.7. The van der Waals surface area contributed by atoms with Gasteiger partial charge in [0.25, 0.3) is 0 Å². The van der Waals surface area contributed by atoms with E-state index in [1.165, 1.54) is 16.3 Å². The predicted molar refractivity (Wildman–Crippen MR) is 114 cm³/mol. The van der Waals surface area contributed by atoms with Crippen LogP contribution in [0.5, 0.6) is 11.5 Å². The van der Waals surface area contributed by atoms with Crippen molar-refractivity contribution >= 4 is 39.1 Å². The molecule has 142 valence electrons. The summed E-state index contributed by atoms with van der Waals surface area (Å²) >= 11 is 6.18. The molecule has 4 rings (SSSR count). The average molecular weight is 394 g/mol. The van der Waals surface area contributed by atoms with Crippen LogP contribution in [0.4, 0.5) is 5.82 Å². The Hall–Kier alpha value is -3.05. The molecule has 4 aromatic rings. The van der Waals surface area contributed by atoms with Gasteiger partial charge in [0.1, 0.15) is 5.82 Å². The van der Waals surface area contributed by atoms with Crippen LogP contribution in [0.1, 0.15) is 18.5 Å². The molecule has 0 amide bonds. The Morgan fingerprint density at radius 2 is 1.61 bits per heavy atom. The molecule has 1 N–H and O–H groups in total. The van der Waals surface area contributed by atoms with Gasteiger partial charge < -0.3 is 14.8 Å². The number of hydrogen-bond donors (Lipinski definition) is 1. The molecule has 0 spiro atoms. The van der Waals surface area contributed by atoms with Gasteiger partial charge in [-0.3, -0.25) is 0 Å². The summed E-state index contributed by atoms with van der Waals surface area (Å²) in [5, 5.41) is 6.88. The van der Waals surface area contributed by atoms with Crippen LogP contribution in [-0.2, 0) is 0 Å². The summed E-state index contributed by atoms with van der Waals surface area (Å²) in [6.07, 6.45) is 0. The first-order valence-electron chi connectivity index (χ1n) is 8.94. The maximum absolute atomic E-state index is 6.18. The van der Waals surface area contributed by atoms with Crippen molar-refractivity contribution in [1.29, 1.82) is 0 Å². The monoisotopic (exact) mass is 393 g/mol. The lowest BCUT2D eigenvalue weighted by molar-refractivity contribution is 0.356. The van der Waals surface area contributed by atoms with E-state index in [-0.39, 0.29) is 11.3 Å². The molecule has 0 fully saturated rings. The molecule has 0 bridgehead atoms. The summed E-state index contributed by atoms with van der Waals surface area (Å²) < 4.78 is 10.8. The van der Waals surface area contributed by atoms with E-state index >= 15 is 0 Å². The molecule has 1 heterocycles. The number of ether oxygens (including phenoxy) is 2. The summed E-state index contributed by atoms with van der Waals surface area (Å²) in [5.41, 5.74) is 1.87. The van der Waals surface area contributed by atoms with E-state index in [9.17, 15) is 0 Å². The molecule has 5 nitrogen and oxygen atoms in total. The van der Waals surface area contributed by atoms with Gasteiger partial charge in [0, 0.05) is 11.5 Å². The van der Waals surface area contributed by atoms with Gasteiger partial charge in [0.05, 0.1) is 25.8 Å². The quantitative estimate of drug-likeness (QED) is 0.445. The normalized spacial score (nSPS) is 12.1. The maximum Gasteiger partial charge on any atom is 0.224 e. The van der Waals surface area contributed by atoms with E-state index in [4.69, 9.17) is 21.1 Å². The lowest BCUT2D eigenvalue weighted by Crippen LogP contribution is -2.09. The Morgan fingerprint density at radius 3 is 2.39 bits per heavy atom. The number of nitrogens with zero attached hydrogens (tertiary/aromatic N) is 2. The van der Waals surface area contributed by atoms with Crippen molar-refractivity contribution in [1.82, 2.24) is 9.97 Å². The molecule has 0 radical (unpaired) electrons. The van der Waals surface area contributed by atoms with E-state index in [1.807, 2.05) is 18.2 Å². The van der Waals surface area contributed by atoms with E-state index in [1.54, 1.807) is 20.3 Å². The van der Waals surface area contributed by atoms with Gasteiger partial charge in [-0.1, -0.05) is 42.5 Å². The van der Waals surface area contributed by atoms with Crippen LogP contribution >= 0.6 is 11.6 Å². The van der Waals surface area contributed by atoms with Crippen LogP contribution in [0.25, 0.3) is 21.7 Å². The predicted octanol–water partition coefficient (Wildman–Crippen LogP) is 5.63. The van der Waals surface area contributed by atoms with Gasteiger partial charge in [0.2, 0.25) is 5.28 Å². The first-order valence-corrected chi connectivity index (χ1v) is 9.32. The van der Waals surface area contributed by atoms with E-state index in [0.717, 1.165) is 5.39 Å². The second-order valence-corrected chi connectivity index (χ2v) is 6.84. The zero-order valence-electron chi connectivity index (χ0n) is 15.9. The van der Waals surface area contributed by atoms with E-state index < -0.39 is 0 Å². The number of anilines is 1. The van der Waals surface area contributed by atoms with Crippen LogP contribution in [0, 0.1) is 0 Å². The van der Waals surface area contributed by atoms with Gasteiger partial charge in [0.15, 0.2) is 11.5 Å². The minimum Gasteiger partial charge on any atom is -0.493 e. The number of rotatable bonds is 5. The van der Waals surface area contributed by atoms with Gasteiger partial charge in [-0.15, -0.1) is 0 Å². The van der Waals surface area contributed by atoms with Gasteiger partial charge in [-0.05, 0) is 40.9 Å². The zero-order valence-corrected chi connectivity index (χ0v) is 16.6. The second kappa shape index (κ2) is 7.52. The molecule has 6 heteroatoms. The van der Waals surface area contributed by atoms with Crippen molar-refractivity contribution < 1.29 is 9.47 Å². The number of benzene rings is 3. The van der Waals surface area contributed by atoms with Crippen molar-refractivity contribution in [3.8, 4) is 11.5 Å². The van der Waals surface area contributed by atoms with Crippen molar-refractivity contribution in [2.45, 2.75) is 13.0 Å². The van der Waals surface area contributed by atoms with Crippen molar-refractivity contribution in [3.05, 3.63) is 65.4 Å². The number of hydrogen-bond acceptors (Lipinski definition) is 5. The largest absolute Gasteiger partial charge is 0.493 e. The van der Waals surface area contributed by atoms with Crippen LogP contribution in [0.3, 0.4) is 0 Å². The molecule has 0 unspecified atom stereocenters. The first-order chi connectivity index (χ1) is 13.6. The summed E-state index contributed by atoms with van der Waals surface area (Å²) in [6.45, 7) is 2.10. The summed E-state index contributed by atoms with van der Waals surface area (Å²) in [5.74, 6) is 1.86. The lowest BCUT2D eigenvalue weighted by atomic mass is 9.99. The summed E-state index contributed by atoms with van der Waals surface area (Å²) in [4.78, 5) is 8.75. The molecule has 0 saturated heterocycles. The molecule has 0 aliphatic carbocycles. The highest BCUT2D eigenvalue weighted by Crippen LogP contribution is 2.36. The standard InChI is InChI=1S/C22H20ClN3O2/c1-13(15-10-6-8-14-7-4-5-9-16(14)15)24-21-17-11-19(27-2)20(28-3)12-18(17)25-22(23)26-21/h4-13H,1-3H3,(H,24,25,26)/t13-/m1/s1. The molecule has 1 aromatic heterocycles. The smallest absolute Gasteiger partial charge is 0.224 e. The molecule has 28 heavy (non-hydrogen) atoms. The number of halogens is 1. The topological polar surface area (TPSA) is 56.3 Å². The minimum absolute atomic E-state index is 0.00774. The maximum atomic E-state index is 6.18. The third kappa shape index (κ3) is 3.29. The molecule has 0 saturated carbocycles. The molecule has 1 atom stereocenters. The van der Waals surface area contributed by atoms with Crippen LogP contribution < -0.4 is 14.8 Å². The lowest BCUT2D eigenvalue weighted by Gasteiger charge is -2.19. The van der Waals surface area contributed by atoms with Gasteiger partial charge in [-0.2, -0.15) is 0 Å². The Morgan fingerprint density at radius 1 is 0.893 bits per heavy atom. The third-order valence-electron chi connectivity index (χ3n) is 4.82. The van der Waals surface area contributed by atoms with Gasteiger partial charge in [-0.25, -0.2) is 9.97 Å². The highest BCUT2D eigenvalue weighted by molar-refractivity contribution is 6.28. The number of aromatic nitrogens is 2. The highest BCUT2D eigenvalue weighted by Gasteiger charge is 2.16. The third-order valence-corrected chi connectivity index (χ3v) is 4.99. The van der Waals surface area contributed by atoms with E-state index in [2.05, 4.69) is 52.5 Å². The van der Waals surface area contributed by atoms with Crippen molar-refractivity contribution in [2.24, 2.45) is 0 Å². The highest BCUT2D eigenvalue weighted by atomic mass is 35.5. The second-order valence-electron chi connectivity index (χ2n) is 6.50. The number of methoxy groups -OCH3 is 2. The van der Waals surface area contributed by atoms with Crippen LogP contribution in [0.15, 0.2) is 54.6 Å². The molecule has 3 aromatic carbocycles. The van der Waals surface area contributed by atoms with Gasteiger partial charge >= 0.3 is 0 Å². The van der Waals surface area contributed by atoms with E-state index in [0.29, 0.717) is 22.8 Å².